The third-order valence-corrected chi connectivity index (χ3v) is 12.8. The quantitative estimate of drug-likeness (QED) is 0.0321. The predicted octanol–water partition coefficient (Wildman–Crippen LogP) is 17.6. The Bertz CT molecular complexity index is 1170. The largest absolute Gasteiger partial charge is 0.462 e. The number of hydrogen-bond donors (Lipinski definition) is 3. The highest BCUT2D eigenvalue weighted by Crippen LogP contribution is 2.18. The lowest BCUT2D eigenvalue weighted by Crippen LogP contribution is -2.46. The zero-order valence-corrected chi connectivity index (χ0v) is 43.8. The van der Waals surface area contributed by atoms with Gasteiger partial charge in [-0.1, -0.05) is 242 Å². The summed E-state index contributed by atoms with van der Waals surface area (Å²) in [6.45, 7) is 6.46. The van der Waals surface area contributed by atoms with Crippen LogP contribution in [-0.4, -0.2) is 46.9 Å². The third-order valence-electron chi connectivity index (χ3n) is 12.8. The fourth-order valence-corrected chi connectivity index (χ4v) is 8.48. The van der Waals surface area contributed by atoms with Gasteiger partial charge in [-0.3, -0.25) is 9.59 Å². The average Bonchev–Trinajstić information content (AvgIpc) is 3.31. The highest BCUT2D eigenvalue weighted by Gasteiger charge is 2.24. The van der Waals surface area contributed by atoms with Gasteiger partial charge in [0.2, 0.25) is 5.91 Å². The maximum atomic E-state index is 13.3. The number of ether oxygens (including phenoxy) is 1. The van der Waals surface area contributed by atoms with Crippen LogP contribution in [-0.2, 0) is 14.3 Å². The molecule has 0 bridgehead atoms. The molecule has 3 atom stereocenters. The van der Waals surface area contributed by atoms with E-state index in [9.17, 15) is 19.8 Å². The molecule has 0 aromatic rings. The molecule has 3 N–H and O–H groups in total. The molecule has 0 aliphatic heterocycles. The Kier molecular flexibility index (Phi) is 51.5. The van der Waals surface area contributed by atoms with Crippen LogP contribution in [0.2, 0.25) is 0 Å². The predicted molar refractivity (Wildman–Crippen MR) is 287 cm³/mol. The Morgan fingerprint density at radius 2 is 0.773 bits per heavy atom. The van der Waals surface area contributed by atoms with Crippen LogP contribution in [0.4, 0.5) is 0 Å². The summed E-state index contributed by atoms with van der Waals surface area (Å²) >= 11 is 0. The second-order valence-corrected chi connectivity index (χ2v) is 19.3. The van der Waals surface area contributed by atoms with Gasteiger partial charge in [0.1, 0.15) is 6.10 Å². The Balaban J connectivity index is 4.64. The van der Waals surface area contributed by atoms with E-state index in [-0.39, 0.29) is 24.9 Å². The first-order valence-corrected chi connectivity index (χ1v) is 28.5. The summed E-state index contributed by atoms with van der Waals surface area (Å²) in [5.41, 5.74) is 0. The van der Waals surface area contributed by atoms with Crippen molar-refractivity contribution in [3.63, 3.8) is 0 Å². The monoisotopic (exact) mass is 924 g/mol. The minimum atomic E-state index is -0.803. The van der Waals surface area contributed by atoms with E-state index in [1.165, 1.54) is 154 Å². The van der Waals surface area contributed by atoms with Crippen molar-refractivity contribution in [2.45, 2.75) is 302 Å². The van der Waals surface area contributed by atoms with E-state index in [1.54, 1.807) is 0 Å². The third kappa shape index (κ3) is 48.0. The minimum absolute atomic E-state index is 0.0452. The highest BCUT2D eigenvalue weighted by molar-refractivity contribution is 5.77. The molecule has 1 amide bonds. The van der Waals surface area contributed by atoms with Crippen LogP contribution >= 0.6 is 0 Å². The summed E-state index contributed by atoms with van der Waals surface area (Å²) in [6.07, 6.45) is 67.1. The van der Waals surface area contributed by atoms with Crippen LogP contribution in [0.3, 0.4) is 0 Å². The molecule has 0 aromatic carbocycles. The molecule has 0 aliphatic rings. The van der Waals surface area contributed by atoms with Gasteiger partial charge in [-0.05, 0) is 89.9 Å². The lowest BCUT2D eigenvalue weighted by Gasteiger charge is -2.24. The number of aliphatic hydroxyl groups is 2. The summed E-state index contributed by atoms with van der Waals surface area (Å²) < 4.78 is 5.92. The van der Waals surface area contributed by atoms with E-state index in [4.69, 9.17) is 4.74 Å². The lowest BCUT2D eigenvalue weighted by atomic mass is 10.0. The molecular weight excluding hydrogens is 815 g/mol. The number of aliphatic hydroxyl groups excluding tert-OH is 2. The van der Waals surface area contributed by atoms with Crippen LogP contribution in [0.1, 0.15) is 284 Å². The van der Waals surface area contributed by atoms with Crippen molar-refractivity contribution in [1.29, 1.82) is 0 Å². The number of esters is 1. The standard InChI is InChI=1S/C60H109NO5/c1-4-7-10-13-16-19-22-25-28-30-32-35-38-41-44-47-50-53-60(65)66-56(51-48-45-42-39-36-33-27-24-21-18-15-12-9-6-3)54-59(64)61-57(55-62)58(63)52-49-46-43-40-37-34-31-29-26-23-20-17-14-11-8-5-2/h16,19,25,28,32-33,35-36,41,44,56-58,62-63H,4-15,17-18,20-24,26-27,29-31,34,37-40,42-43,45-55H2,1-3H3,(H,61,64)/b19-16-,28-25-,35-32-,36-33+,44-41-. The number of rotatable bonds is 51. The number of amides is 1. The number of allylic oxidation sites excluding steroid dienone is 10. The van der Waals surface area contributed by atoms with Crippen molar-refractivity contribution in [2.24, 2.45) is 0 Å². The van der Waals surface area contributed by atoms with E-state index in [0.717, 1.165) is 77.0 Å². The summed E-state index contributed by atoms with van der Waals surface area (Å²) in [5, 5.41) is 23.9. The molecule has 66 heavy (non-hydrogen) atoms. The van der Waals surface area contributed by atoms with E-state index in [1.807, 2.05) is 0 Å². The van der Waals surface area contributed by atoms with E-state index >= 15 is 0 Å². The molecule has 0 heterocycles. The summed E-state index contributed by atoms with van der Waals surface area (Å²) in [4.78, 5) is 26.2. The summed E-state index contributed by atoms with van der Waals surface area (Å²) in [7, 11) is 0. The molecular formula is C60H109NO5. The molecule has 3 unspecified atom stereocenters. The molecule has 6 nitrogen and oxygen atoms in total. The maximum Gasteiger partial charge on any atom is 0.306 e. The van der Waals surface area contributed by atoms with Gasteiger partial charge in [0.25, 0.3) is 0 Å². The van der Waals surface area contributed by atoms with Gasteiger partial charge in [0.15, 0.2) is 0 Å². The molecule has 0 rings (SSSR count). The Morgan fingerprint density at radius 1 is 0.439 bits per heavy atom. The summed E-state index contributed by atoms with van der Waals surface area (Å²) in [6, 6.07) is -0.719. The number of unbranched alkanes of at least 4 members (excludes halogenated alkanes) is 29. The first-order chi connectivity index (χ1) is 32.5. The van der Waals surface area contributed by atoms with Gasteiger partial charge in [0.05, 0.1) is 25.2 Å². The molecule has 384 valence electrons. The smallest absolute Gasteiger partial charge is 0.306 e. The van der Waals surface area contributed by atoms with E-state index in [2.05, 4.69) is 86.8 Å². The number of hydrogen-bond acceptors (Lipinski definition) is 5. The molecule has 0 aromatic heterocycles. The van der Waals surface area contributed by atoms with Gasteiger partial charge in [0, 0.05) is 6.42 Å². The fraction of sp³-hybridized carbons (Fsp3) is 0.800. The van der Waals surface area contributed by atoms with Gasteiger partial charge < -0.3 is 20.3 Å². The van der Waals surface area contributed by atoms with Crippen LogP contribution < -0.4 is 5.32 Å². The summed E-state index contributed by atoms with van der Waals surface area (Å²) in [5.74, 6) is -0.550. The van der Waals surface area contributed by atoms with Crippen LogP contribution in [0, 0.1) is 0 Å². The van der Waals surface area contributed by atoms with Crippen molar-refractivity contribution in [3.05, 3.63) is 60.8 Å². The topological polar surface area (TPSA) is 95.9 Å². The molecule has 0 saturated heterocycles. The first kappa shape index (κ1) is 63.6. The Hall–Kier alpha value is -2.44. The van der Waals surface area contributed by atoms with Crippen molar-refractivity contribution in [2.75, 3.05) is 6.61 Å². The van der Waals surface area contributed by atoms with E-state index in [0.29, 0.717) is 25.7 Å². The van der Waals surface area contributed by atoms with Crippen LogP contribution in [0.5, 0.6) is 0 Å². The van der Waals surface area contributed by atoms with Gasteiger partial charge in [-0.25, -0.2) is 0 Å². The fourth-order valence-electron chi connectivity index (χ4n) is 8.48. The van der Waals surface area contributed by atoms with E-state index < -0.39 is 18.2 Å². The average molecular weight is 925 g/mol. The van der Waals surface area contributed by atoms with Gasteiger partial charge >= 0.3 is 5.97 Å². The molecule has 6 heteroatoms. The normalized spacial score (nSPS) is 13.6. The second-order valence-electron chi connectivity index (χ2n) is 19.3. The zero-order valence-electron chi connectivity index (χ0n) is 43.8. The lowest BCUT2D eigenvalue weighted by molar-refractivity contribution is -0.151. The zero-order chi connectivity index (χ0) is 48.1. The second kappa shape index (κ2) is 53.5. The van der Waals surface area contributed by atoms with Gasteiger partial charge in [-0.15, -0.1) is 0 Å². The van der Waals surface area contributed by atoms with Gasteiger partial charge in [-0.2, -0.15) is 0 Å². The number of carbonyl (C=O) groups is 2. The van der Waals surface area contributed by atoms with Crippen LogP contribution in [0.15, 0.2) is 60.8 Å². The maximum absolute atomic E-state index is 13.3. The van der Waals surface area contributed by atoms with Crippen molar-refractivity contribution in [1.82, 2.24) is 5.32 Å². The Morgan fingerprint density at radius 3 is 1.23 bits per heavy atom. The molecule has 0 aliphatic carbocycles. The molecule has 0 fully saturated rings. The van der Waals surface area contributed by atoms with Crippen molar-refractivity contribution in [3.8, 4) is 0 Å². The van der Waals surface area contributed by atoms with Crippen LogP contribution in [0.25, 0.3) is 0 Å². The SMILES string of the molecule is CCCCC/C=C\C/C=C\C/C=C\C/C=C\CCCC(=O)OC(CCCCC/C=C/CCCCCCCCC)CC(=O)NC(CO)C(O)CCCCCCCCCCCCCCCCCC. The first-order valence-electron chi connectivity index (χ1n) is 28.5. The minimum Gasteiger partial charge on any atom is -0.462 e. The highest BCUT2D eigenvalue weighted by atomic mass is 16.5. The number of carbonyl (C=O) groups excluding carboxylic acids is 2. The van der Waals surface area contributed by atoms with Crippen molar-refractivity contribution >= 4 is 11.9 Å². The van der Waals surface area contributed by atoms with Crippen molar-refractivity contribution < 1.29 is 24.5 Å². The molecule has 0 spiro atoms. The molecule has 0 radical (unpaired) electrons. The number of nitrogens with one attached hydrogen (secondary N) is 1. The molecule has 0 saturated carbocycles. The Labute approximate surface area is 409 Å².